The van der Waals surface area contributed by atoms with Gasteiger partial charge in [0.2, 0.25) is 10.0 Å². The highest BCUT2D eigenvalue weighted by molar-refractivity contribution is 7.89. The number of benzene rings is 2. The third kappa shape index (κ3) is 7.68. The minimum absolute atomic E-state index is 0.0222. The number of amides is 1. The summed E-state index contributed by atoms with van der Waals surface area (Å²) in [6, 6.07) is 11.6. The van der Waals surface area contributed by atoms with E-state index in [1.54, 1.807) is 29.7 Å². The zero-order valence-electron chi connectivity index (χ0n) is 19.7. The van der Waals surface area contributed by atoms with Crippen LogP contribution in [0.15, 0.2) is 53.4 Å². The molecule has 0 aliphatic heterocycles. The SMILES string of the molecule is COc1cccc(CN([C@H](CC(C)C)C(=O)NO)S(=O)(=O)c2ccc(OCCCCF)cc2)c1. The lowest BCUT2D eigenvalue weighted by Gasteiger charge is -2.30. The highest BCUT2D eigenvalue weighted by Crippen LogP contribution is 2.27. The molecule has 2 aromatic carbocycles. The maximum Gasteiger partial charge on any atom is 0.261 e. The summed E-state index contributed by atoms with van der Waals surface area (Å²) in [5.74, 6) is 0.179. The zero-order chi connectivity index (χ0) is 25.1. The fraction of sp³-hybridized carbons (Fsp3) is 0.458. The summed E-state index contributed by atoms with van der Waals surface area (Å²) in [4.78, 5) is 12.5. The molecule has 10 heteroatoms. The van der Waals surface area contributed by atoms with E-state index in [0.717, 1.165) is 4.31 Å². The van der Waals surface area contributed by atoms with Crippen molar-refractivity contribution >= 4 is 15.9 Å². The van der Waals surface area contributed by atoms with Gasteiger partial charge in [-0.15, -0.1) is 0 Å². The number of carbonyl (C=O) groups excluding carboxylic acids is 1. The van der Waals surface area contributed by atoms with Crippen molar-refractivity contribution in [3.05, 3.63) is 54.1 Å². The summed E-state index contributed by atoms with van der Waals surface area (Å²) >= 11 is 0. The van der Waals surface area contributed by atoms with E-state index in [1.165, 1.54) is 31.4 Å². The normalized spacial score (nSPS) is 12.6. The molecule has 0 aliphatic carbocycles. The smallest absolute Gasteiger partial charge is 0.261 e. The molecule has 0 spiro atoms. The standard InChI is InChI=1S/C24H33FN2O6S/c1-18(2)15-23(24(28)26-29)27(17-19-7-6-8-21(16-19)32-3)34(30,31)22-11-9-20(10-12-22)33-14-5-4-13-25/h6-12,16,18,23,29H,4-5,13-15,17H2,1-3H3,(H,26,28)/t23-/m1/s1. The van der Waals surface area contributed by atoms with Crippen molar-refractivity contribution in [1.29, 1.82) is 0 Å². The van der Waals surface area contributed by atoms with Gasteiger partial charge in [0.15, 0.2) is 0 Å². The molecule has 2 rings (SSSR count). The van der Waals surface area contributed by atoms with Crippen LogP contribution in [0.1, 0.15) is 38.7 Å². The number of carbonyl (C=O) groups is 1. The van der Waals surface area contributed by atoms with E-state index >= 15 is 0 Å². The van der Waals surface area contributed by atoms with E-state index in [-0.39, 0.29) is 23.8 Å². The first-order chi connectivity index (χ1) is 16.2. The molecule has 2 aromatic rings. The molecule has 0 unspecified atom stereocenters. The molecular weight excluding hydrogens is 463 g/mol. The van der Waals surface area contributed by atoms with Crippen molar-refractivity contribution in [1.82, 2.24) is 9.79 Å². The summed E-state index contributed by atoms with van der Waals surface area (Å²) in [6.07, 6.45) is 1.15. The Labute approximate surface area is 200 Å². The first kappa shape index (κ1) is 27.6. The van der Waals surface area contributed by atoms with Crippen LogP contribution >= 0.6 is 0 Å². The van der Waals surface area contributed by atoms with Crippen LogP contribution < -0.4 is 15.0 Å². The van der Waals surface area contributed by atoms with Gasteiger partial charge in [0.1, 0.15) is 17.5 Å². The lowest BCUT2D eigenvalue weighted by Crippen LogP contribution is -2.49. The average Bonchev–Trinajstić information content (AvgIpc) is 2.83. The van der Waals surface area contributed by atoms with Gasteiger partial charge in [-0.3, -0.25) is 14.4 Å². The highest BCUT2D eigenvalue weighted by atomic mass is 32.2. The minimum Gasteiger partial charge on any atom is -0.497 e. The maximum atomic E-state index is 13.7. The first-order valence-electron chi connectivity index (χ1n) is 11.1. The van der Waals surface area contributed by atoms with E-state index in [2.05, 4.69) is 0 Å². The molecule has 0 saturated carbocycles. The summed E-state index contributed by atoms with van der Waals surface area (Å²) < 4.78 is 51.5. The Balaban J connectivity index is 2.41. The lowest BCUT2D eigenvalue weighted by molar-refractivity contribution is -0.133. The predicted molar refractivity (Wildman–Crippen MR) is 126 cm³/mol. The van der Waals surface area contributed by atoms with Crippen molar-refractivity contribution in [2.45, 2.75) is 50.6 Å². The molecule has 0 saturated heterocycles. The Bertz CT molecular complexity index is 1010. The van der Waals surface area contributed by atoms with Crippen molar-refractivity contribution < 1.29 is 32.3 Å². The number of rotatable bonds is 14. The quantitative estimate of drug-likeness (QED) is 0.233. The van der Waals surface area contributed by atoms with Crippen molar-refractivity contribution in [2.24, 2.45) is 5.92 Å². The molecule has 0 heterocycles. The number of halogens is 1. The number of hydroxylamine groups is 1. The van der Waals surface area contributed by atoms with Gasteiger partial charge in [-0.05, 0) is 67.1 Å². The molecule has 188 valence electrons. The molecule has 2 N–H and O–H groups in total. The molecule has 0 aliphatic rings. The Kier molecular flexibility index (Phi) is 10.7. The van der Waals surface area contributed by atoms with Gasteiger partial charge in [0.25, 0.3) is 5.91 Å². The lowest BCUT2D eigenvalue weighted by atomic mass is 10.0. The van der Waals surface area contributed by atoms with Crippen LogP contribution in [0, 0.1) is 5.92 Å². The summed E-state index contributed by atoms with van der Waals surface area (Å²) in [6.45, 7) is 3.53. The molecule has 0 aromatic heterocycles. The first-order valence-corrected chi connectivity index (χ1v) is 12.5. The highest BCUT2D eigenvalue weighted by Gasteiger charge is 2.36. The number of unbranched alkanes of at least 4 members (excludes halogenated alkanes) is 1. The monoisotopic (exact) mass is 496 g/mol. The summed E-state index contributed by atoms with van der Waals surface area (Å²) in [5, 5.41) is 9.33. The number of ether oxygens (including phenoxy) is 2. The van der Waals surface area contributed by atoms with E-state index in [1.807, 2.05) is 13.8 Å². The topological polar surface area (TPSA) is 105 Å². The largest absolute Gasteiger partial charge is 0.497 e. The molecule has 0 fully saturated rings. The molecule has 1 amide bonds. The number of hydrogen-bond acceptors (Lipinski definition) is 6. The van der Waals surface area contributed by atoms with Gasteiger partial charge < -0.3 is 9.47 Å². The number of hydrogen-bond donors (Lipinski definition) is 2. The molecule has 34 heavy (non-hydrogen) atoms. The Morgan fingerprint density at radius 2 is 1.82 bits per heavy atom. The van der Waals surface area contributed by atoms with Crippen LogP contribution in [-0.4, -0.2) is 50.3 Å². The molecule has 0 bridgehead atoms. The summed E-state index contributed by atoms with van der Waals surface area (Å²) in [7, 11) is -2.64. The summed E-state index contributed by atoms with van der Waals surface area (Å²) in [5.41, 5.74) is 2.23. The number of sulfonamides is 1. The van der Waals surface area contributed by atoms with Gasteiger partial charge in [-0.1, -0.05) is 26.0 Å². The van der Waals surface area contributed by atoms with Crippen LogP contribution in [0.4, 0.5) is 4.39 Å². The number of nitrogens with one attached hydrogen (secondary N) is 1. The third-order valence-electron chi connectivity index (χ3n) is 5.15. The van der Waals surface area contributed by atoms with Gasteiger partial charge in [0, 0.05) is 6.54 Å². The second-order valence-electron chi connectivity index (χ2n) is 8.24. The van der Waals surface area contributed by atoms with Gasteiger partial charge >= 0.3 is 0 Å². The van der Waals surface area contributed by atoms with E-state index < -0.39 is 28.6 Å². The number of methoxy groups -OCH3 is 1. The van der Waals surface area contributed by atoms with Crippen LogP contribution in [0.5, 0.6) is 11.5 Å². The molecule has 8 nitrogen and oxygen atoms in total. The molecular formula is C24H33FN2O6S. The maximum absolute atomic E-state index is 13.7. The Morgan fingerprint density at radius 3 is 2.41 bits per heavy atom. The fourth-order valence-corrected chi connectivity index (χ4v) is 5.01. The van der Waals surface area contributed by atoms with Crippen LogP contribution in [0.2, 0.25) is 0 Å². The fourth-order valence-electron chi connectivity index (χ4n) is 3.42. The predicted octanol–water partition coefficient (Wildman–Crippen LogP) is 3.93. The van der Waals surface area contributed by atoms with Gasteiger partial charge in [-0.2, -0.15) is 4.31 Å². The van der Waals surface area contributed by atoms with E-state index in [0.29, 0.717) is 36.5 Å². The van der Waals surface area contributed by atoms with Crippen molar-refractivity contribution in [2.75, 3.05) is 20.4 Å². The average molecular weight is 497 g/mol. The molecule has 1 atom stereocenters. The number of alkyl halides is 1. The van der Waals surface area contributed by atoms with E-state index in [4.69, 9.17) is 9.47 Å². The second kappa shape index (κ2) is 13.3. The molecule has 0 radical (unpaired) electrons. The number of nitrogens with zero attached hydrogens (tertiary/aromatic N) is 1. The van der Waals surface area contributed by atoms with Gasteiger partial charge in [0.05, 0.1) is 25.3 Å². The van der Waals surface area contributed by atoms with E-state index in [9.17, 15) is 22.8 Å². The van der Waals surface area contributed by atoms with Gasteiger partial charge in [-0.25, -0.2) is 13.9 Å². The minimum atomic E-state index is -4.15. The van der Waals surface area contributed by atoms with Crippen molar-refractivity contribution in [3.63, 3.8) is 0 Å². The zero-order valence-corrected chi connectivity index (χ0v) is 20.6. The third-order valence-corrected chi connectivity index (χ3v) is 7.02. The van der Waals surface area contributed by atoms with Crippen molar-refractivity contribution in [3.8, 4) is 11.5 Å². The Hall–Kier alpha value is -2.69. The van der Waals surface area contributed by atoms with Crippen LogP contribution in [-0.2, 0) is 21.4 Å². The van der Waals surface area contributed by atoms with Crippen LogP contribution in [0.25, 0.3) is 0 Å². The second-order valence-corrected chi connectivity index (χ2v) is 10.1. The Morgan fingerprint density at radius 1 is 1.12 bits per heavy atom. The van der Waals surface area contributed by atoms with Crippen LogP contribution in [0.3, 0.4) is 0 Å².